The van der Waals surface area contributed by atoms with E-state index in [1.807, 2.05) is 18.3 Å². The van der Waals surface area contributed by atoms with Crippen molar-refractivity contribution in [3.8, 4) is 0 Å². The molecule has 0 amide bonds. The van der Waals surface area contributed by atoms with Gasteiger partial charge in [0.05, 0.1) is 11.6 Å². The first kappa shape index (κ1) is 43.9. The molecule has 0 spiro atoms. The normalized spacial score (nSPS) is 12.2. The predicted octanol–water partition coefficient (Wildman–Crippen LogP) is 11.8. The van der Waals surface area contributed by atoms with Gasteiger partial charge < -0.3 is 20.4 Å². The first-order valence-corrected chi connectivity index (χ1v) is 22.5. The van der Waals surface area contributed by atoms with Crippen molar-refractivity contribution < 1.29 is 52.5 Å². The minimum atomic E-state index is -5.61. The van der Waals surface area contributed by atoms with E-state index in [1.165, 1.54) is 5.01 Å². The average molecular weight is 780 g/mol. The zero-order valence-electron chi connectivity index (χ0n) is 29.5. The van der Waals surface area contributed by atoms with Gasteiger partial charge >= 0.3 is 27.9 Å². The third kappa shape index (κ3) is 13.0. The number of hydrogen-bond acceptors (Lipinski definition) is 2. The second-order valence-corrected chi connectivity index (χ2v) is 22.9. The molecule has 0 aliphatic carbocycles. The molecule has 0 saturated carbocycles. The van der Waals surface area contributed by atoms with Gasteiger partial charge in [0.2, 0.25) is 0 Å². The van der Waals surface area contributed by atoms with Crippen LogP contribution >= 0.6 is 0 Å². The molecule has 1 aromatic heterocycles. The molecule has 0 radical (unpaired) electrons. The van der Waals surface area contributed by atoms with Gasteiger partial charge in [-0.25, -0.2) is 15.0 Å². The van der Waals surface area contributed by atoms with Crippen LogP contribution in [0, 0.1) is 29.3 Å². The van der Waals surface area contributed by atoms with E-state index in [4.69, 9.17) is 9.96 Å². The van der Waals surface area contributed by atoms with E-state index in [0.717, 1.165) is 18.8 Å². The summed E-state index contributed by atoms with van der Waals surface area (Å²) in [5.74, 6) is -9.56. The SMILES string of the molecule is CC(C[N-][Si](C)(C)C)(C[N-][Si](C)(C)C)c1ccccn1.Fc1c(F)c(C(F)(F)F)c(F)c(F)c1[C-]=C[N-]N(c1ccccc1)c1ccccc1.[Ti+4]. The Kier molecular flexibility index (Phi) is 15.9. The van der Waals surface area contributed by atoms with Gasteiger partial charge in [0, 0.05) is 23.3 Å². The Morgan fingerprint density at radius 3 is 1.49 bits per heavy atom. The molecule has 15 heteroatoms. The molecule has 1 heterocycles. The van der Waals surface area contributed by atoms with Gasteiger partial charge in [0.15, 0.2) is 0 Å². The minimum absolute atomic E-state index is 0. The maximum Gasteiger partial charge on any atom is 4.00 e. The Hall–Kier alpha value is -3.27. The minimum Gasteiger partial charge on any atom is -0.664 e. The number of halogens is 7. The van der Waals surface area contributed by atoms with E-state index < -0.39 is 57.0 Å². The monoisotopic (exact) mass is 779 g/mol. The zero-order chi connectivity index (χ0) is 37.3. The van der Waals surface area contributed by atoms with Crippen molar-refractivity contribution in [1.29, 1.82) is 0 Å². The third-order valence-electron chi connectivity index (χ3n) is 7.02. The van der Waals surface area contributed by atoms with E-state index in [9.17, 15) is 30.7 Å². The molecule has 0 N–H and O–H groups in total. The van der Waals surface area contributed by atoms with Crippen LogP contribution in [-0.2, 0) is 33.3 Å². The average Bonchev–Trinajstić information content (AvgIpc) is 3.05. The quantitative estimate of drug-likeness (QED) is 0.0473. The molecule has 51 heavy (non-hydrogen) atoms. The number of aromatic nitrogens is 1. The molecule has 0 bridgehead atoms. The topological polar surface area (TPSA) is 58.4 Å². The van der Waals surface area contributed by atoms with Crippen molar-refractivity contribution in [3.05, 3.63) is 153 Å². The Bertz CT molecular complexity index is 1610. The molecular formula is C36H40F7N5Si2Ti. The maximum absolute atomic E-state index is 14.0. The number of nitrogens with zero attached hydrogens (tertiary/aromatic N) is 5. The Morgan fingerprint density at radius 1 is 0.686 bits per heavy atom. The summed E-state index contributed by atoms with van der Waals surface area (Å²) in [6.45, 7) is 17.6. The molecule has 3 aromatic carbocycles. The first-order valence-electron chi connectivity index (χ1n) is 15.6. The summed E-state index contributed by atoms with van der Waals surface area (Å²) in [4.78, 5) is 14.5. The second kappa shape index (κ2) is 18.5. The molecule has 0 fully saturated rings. The molecule has 0 aliphatic rings. The van der Waals surface area contributed by atoms with Gasteiger partial charge in [-0.15, -0.1) is 18.7 Å². The summed E-state index contributed by atoms with van der Waals surface area (Å²) < 4.78 is 93.4. The molecule has 4 aromatic rings. The summed E-state index contributed by atoms with van der Waals surface area (Å²) >= 11 is 0. The molecular weight excluding hydrogens is 739 g/mol. The molecule has 0 atom stereocenters. The molecule has 0 aliphatic heterocycles. The third-order valence-corrected chi connectivity index (χ3v) is 9.23. The summed E-state index contributed by atoms with van der Waals surface area (Å²) in [7, 11) is -2.82. The van der Waals surface area contributed by atoms with Gasteiger partial charge in [-0.1, -0.05) is 105 Å². The Balaban J connectivity index is 0.000000376. The summed E-state index contributed by atoms with van der Waals surface area (Å²) in [5, 5.41) is 1.33. The van der Waals surface area contributed by atoms with E-state index in [0.29, 0.717) is 17.6 Å². The predicted molar refractivity (Wildman–Crippen MR) is 191 cm³/mol. The van der Waals surface area contributed by atoms with E-state index >= 15 is 0 Å². The van der Waals surface area contributed by atoms with Crippen LogP contribution in [0.15, 0.2) is 91.3 Å². The van der Waals surface area contributed by atoms with Crippen LogP contribution in [0.1, 0.15) is 23.7 Å². The van der Waals surface area contributed by atoms with Gasteiger partial charge in [0.25, 0.3) is 0 Å². The van der Waals surface area contributed by atoms with Crippen LogP contribution in [0.5, 0.6) is 0 Å². The fourth-order valence-electron chi connectivity index (χ4n) is 4.33. The number of rotatable bonds is 12. The van der Waals surface area contributed by atoms with Gasteiger partial charge in [-0.05, 0) is 41.8 Å². The van der Waals surface area contributed by atoms with E-state index in [-0.39, 0.29) is 27.1 Å². The largest absolute Gasteiger partial charge is 4.00 e. The first-order chi connectivity index (χ1) is 23.2. The summed E-state index contributed by atoms with van der Waals surface area (Å²) in [5.41, 5.74) is 2.00. The molecule has 270 valence electrons. The van der Waals surface area contributed by atoms with Crippen LogP contribution < -0.4 is 5.01 Å². The van der Waals surface area contributed by atoms with E-state index in [2.05, 4.69) is 68.7 Å². The number of benzene rings is 3. The van der Waals surface area contributed by atoms with E-state index in [1.54, 1.807) is 60.7 Å². The maximum atomic E-state index is 14.0. The molecule has 5 nitrogen and oxygen atoms in total. The number of pyridine rings is 1. The molecule has 0 saturated heterocycles. The number of para-hydroxylation sites is 2. The molecule has 0 unspecified atom stereocenters. The molecule has 4 rings (SSSR count). The number of anilines is 2. The van der Waals surface area contributed by atoms with Crippen molar-refractivity contribution in [2.45, 2.75) is 57.8 Å². The smallest absolute Gasteiger partial charge is 0.664 e. The van der Waals surface area contributed by atoms with Crippen molar-refractivity contribution in [1.82, 2.24) is 4.98 Å². The number of hydrogen-bond donors (Lipinski definition) is 0. The fourth-order valence-corrected chi connectivity index (χ4v) is 5.98. The fraction of sp³-hybridized carbons (Fsp3) is 0.306. The van der Waals surface area contributed by atoms with Crippen molar-refractivity contribution >= 4 is 27.8 Å². The standard InChI is InChI=1S/C21H11F7N2.C15H29N3Si2.Ti/c22-17-15(18(23)20(25)16(19(17)24)21(26,27)28)11-12-29-30(13-7-3-1-4-8-13)14-9-5-2-6-10-14;1-15(12-17-19(2,3)4,13-18-20(5,6)7)14-10-8-9-11-16-14;/h1-10,12H;8-11H,12-13H2,1-7H3;/q2*-2;+4. The van der Waals surface area contributed by atoms with Gasteiger partial charge in [-0.2, -0.15) is 19.2 Å². The summed E-state index contributed by atoms with van der Waals surface area (Å²) in [6, 6.07) is 23.1. The Morgan fingerprint density at radius 2 is 1.12 bits per heavy atom. The number of alkyl halides is 3. The van der Waals surface area contributed by atoms with Crippen LogP contribution in [0.3, 0.4) is 0 Å². The van der Waals surface area contributed by atoms with Gasteiger partial charge in [-0.3, -0.25) is 13.8 Å². The summed E-state index contributed by atoms with van der Waals surface area (Å²) in [6.07, 6.45) is -1.16. The van der Waals surface area contributed by atoms with Crippen LogP contribution in [0.2, 0.25) is 39.3 Å². The van der Waals surface area contributed by atoms with Crippen molar-refractivity contribution in [3.63, 3.8) is 0 Å². The van der Waals surface area contributed by atoms with Crippen molar-refractivity contribution in [2.24, 2.45) is 0 Å². The van der Waals surface area contributed by atoms with Gasteiger partial charge in [0.1, 0.15) is 17.2 Å². The van der Waals surface area contributed by atoms with Crippen molar-refractivity contribution in [2.75, 3.05) is 18.1 Å². The second-order valence-electron chi connectivity index (χ2n) is 13.6. The van der Waals surface area contributed by atoms with Crippen LogP contribution in [0.4, 0.5) is 42.1 Å². The van der Waals surface area contributed by atoms with Crippen LogP contribution in [0.25, 0.3) is 15.4 Å². The zero-order valence-corrected chi connectivity index (χ0v) is 33.0. The Labute approximate surface area is 312 Å². The van der Waals surface area contributed by atoms with Crippen LogP contribution in [-0.4, -0.2) is 34.5 Å².